The van der Waals surface area contributed by atoms with Crippen LogP contribution in [0.1, 0.15) is 12.5 Å². The average molecular weight is 334 g/mol. The van der Waals surface area contributed by atoms with Gasteiger partial charge in [-0.25, -0.2) is 10.8 Å². The molecular weight excluding hydrogens is 316 g/mol. The Morgan fingerprint density at radius 1 is 1.08 bits per heavy atom. The largest absolute Gasteiger partial charge is 0.508 e. The first kappa shape index (κ1) is 15.4. The first-order valence-electron chi connectivity index (χ1n) is 8.09. The SMILES string of the molecule is CC1Cc2c(Oc3ccc(O)cc3)nc(-c3ccccc3)nc2N1N. The van der Waals surface area contributed by atoms with Gasteiger partial charge in [-0.15, -0.1) is 0 Å². The Balaban J connectivity index is 1.81. The predicted octanol–water partition coefficient (Wildman–Crippen LogP) is 3.27. The standard InChI is InChI=1S/C19H18N4O2/c1-12-11-16-18(23(12)20)21-17(13-5-3-2-4-6-13)22-19(16)25-15-9-7-14(24)8-10-15/h2-10,12,24H,11,20H2,1H3. The van der Waals surface area contributed by atoms with E-state index in [2.05, 4.69) is 9.97 Å². The third-order valence-corrected chi connectivity index (χ3v) is 4.25. The molecule has 0 saturated carbocycles. The van der Waals surface area contributed by atoms with Crippen molar-refractivity contribution in [2.75, 3.05) is 5.01 Å². The second kappa shape index (κ2) is 6.07. The number of nitrogens with two attached hydrogens (primary N) is 1. The molecule has 0 spiro atoms. The van der Waals surface area contributed by atoms with Crippen LogP contribution in [0.5, 0.6) is 17.4 Å². The van der Waals surface area contributed by atoms with Gasteiger partial charge in [0.05, 0.1) is 5.56 Å². The maximum atomic E-state index is 9.44. The molecule has 0 saturated heterocycles. The van der Waals surface area contributed by atoms with E-state index in [-0.39, 0.29) is 11.8 Å². The number of phenols is 1. The molecule has 1 aromatic heterocycles. The van der Waals surface area contributed by atoms with Crippen molar-refractivity contribution in [1.29, 1.82) is 0 Å². The molecule has 2 heterocycles. The third kappa shape index (κ3) is 2.88. The fraction of sp³-hybridized carbons (Fsp3) is 0.158. The zero-order chi connectivity index (χ0) is 17.4. The van der Waals surface area contributed by atoms with E-state index in [4.69, 9.17) is 10.6 Å². The molecule has 0 amide bonds. The molecule has 1 unspecified atom stereocenters. The Morgan fingerprint density at radius 2 is 1.80 bits per heavy atom. The van der Waals surface area contributed by atoms with E-state index in [9.17, 15) is 5.11 Å². The third-order valence-electron chi connectivity index (χ3n) is 4.25. The molecule has 0 aliphatic carbocycles. The van der Waals surface area contributed by atoms with Crippen molar-refractivity contribution in [1.82, 2.24) is 9.97 Å². The number of ether oxygens (including phenoxy) is 1. The zero-order valence-corrected chi connectivity index (χ0v) is 13.8. The van der Waals surface area contributed by atoms with E-state index in [1.54, 1.807) is 29.3 Å². The minimum atomic E-state index is 0.123. The fourth-order valence-corrected chi connectivity index (χ4v) is 2.87. The fourth-order valence-electron chi connectivity index (χ4n) is 2.87. The lowest BCUT2D eigenvalue weighted by Crippen LogP contribution is -2.36. The monoisotopic (exact) mass is 334 g/mol. The number of aromatic nitrogens is 2. The Bertz CT molecular complexity index is 897. The van der Waals surface area contributed by atoms with E-state index in [0.29, 0.717) is 29.7 Å². The van der Waals surface area contributed by atoms with Crippen LogP contribution in [-0.2, 0) is 6.42 Å². The van der Waals surface area contributed by atoms with E-state index in [1.165, 1.54) is 0 Å². The van der Waals surface area contributed by atoms with Crippen molar-refractivity contribution < 1.29 is 9.84 Å². The van der Waals surface area contributed by atoms with Gasteiger partial charge in [0.15, 0.2) is 11.6 Å². The van der Waals surface area contributed by atoms with Crippen LogP contribution in [0.4, 0.5) is 5.82 Å². The molecule has 1 atom stereocenters. The molecule has 25 heavy (non-hydrogen) atoms. The van der Waals surface area contributed by atoms with Crippen LogP contribution in [-0.4, -0.2) is 21.1 Å². The van der Waals surface area contributed by atoms with Gasteiger partial charge >= 0.3 is 0 Å². The van der Waals surface area contributed by atoms with Gasteiger partial charge in [-0.05, 0) is 31.2 Å². The number of phenolic OH excluding ortho intramolecular Hbond substituents is 1. The highest BCUT2D eigenvalue weighted by Gasteiger charge is 2.30. The quantitative estimate of drug-likeness (QED) is 0.715. The maximum Gasteiger partial charge on any atom is 0.228 e. The second-order valence-corrected chi connectivity index (χ2v) is 6.08. The molecular formula is C19H18N4O2. The Kier molecular flexibility index (Phi) is 3.74. The molecule has 6 nitrogen and oxygen atoms in total. The number of anilines is 1. The summed E-state index contributed by atoms with van der Waals surface area (Å²) in [6.07, 6.45) is 0.717. The highest BCUT2D eigenvalue weighted by Crippen LogP contribution is 2.37. The lowest BCUT2D eigenvalue weighted by Gasteiger charge is -2.17. The van der Waals surface area contributed by atoms with Gasteiger partial charge in [0.2, 0.25) is 5.88 Å². The molecule has 1 aliphatic heterocycles. The second-order valence-electron chi connectivity index (χ2n) is 6.08. The van der Waals surface area contributed by atoms with Crippen molar-refractivity contribution >= 4 is 5.82 Å². The van der Waals surface area contributed by atoms with Gasteiger partial charge in [-0.2, -0.15) is 4.98 Å². The van der Waals surface area contributed by atoms with Gasteiger partial charge in [-0.3, -0.25) is 5.01 Å². The molecule has 6 heteroatoms. The highest BCUT2D eigenvalue weighted by atomic mass is 16.5. The van der Waals surface area contributed by atoms with E-state index in [0.717, 1.165) is 11.1 Å². The molecule has 3 N–H and O–H groups in total. The normalized spacial score (nSPS) is 15.9. The summed E-state index contributed by atoms with van der Waals surface area (Å²) in [5.41, 5.74) is 1.79. The zero-order valence-electron chi connectivity index (χ0n) is 13.8. The minimum Gasteiger partial charge on any atom is -0.508 e. The Labute approximate surface area is 145 Å². The summed E-state index contributed by atoms with van der Waals surface area (Å²) >= 11 is 0. The van der Waals surface area contributed by atoms with Gasteiger partial charge in [0.1, 0.15) is 11.5 Å². The van der Waals surface area contributed by atoms with Gasteiger partial charge in [0, 0.05) is 18.0 Å². The van der Waals surface area contributed by atoms with E-state index < -0.39 is 0 Å². The lowest BCUT2D eigenvalue weighted by molar-refractivity contribution is 0.449. The molecule has 0 bridgehead atoms. The molecule has 0 radical (unpaired) electrons. The molecule has 1 aliphatic rings. The summed E-state index contributed by atoms with van der Waals surface area (Å²) in [5, 5.41) is 11.1. The Morgan fingerprint density at radius 3 is 2.52 bits per heavy atom. The molecule has 126 valence electrons. The van der Waals surface area contributed by atoms with Crippen molar-refractivity contribution in [3.05, 3.63) is 60.2 Å². The van der Waals surface area contributed by atoms with E-state index in [1.807, 2.05) is 37.3 Å². The molecule has 2 aromatic carbocycles. The van der Waals surface area contributed by atoms with Crippen molar-refractivity contribution in [3.8, 4) is 28.8 Å². The molecule has 3 aromatic rings. The number of rotatable bonds is 3. The maximum absolute atomic E-state index is 9.44. The van der Waals surface area contributed by atoms with Gasteiger partial charge in [0.25, 0.3) is 0 Å². The van der Waals surface area contributed by atoms with Crippen LogP contribution in [0.15, 0.2) is 54.6 Å². The summed E-state index contributed by atoms with van der Waals surface area (Å²) in [7, 11) is 0. The number of benzene rings is 2. The minimum absolute atomic E-state index is 0.123. The van der Waals surface area contributed by atoms with E-state index >= 15 is 0 Å². The topological polar surface area (TPSA) is 84.5 Å². The number of fused-ring (bicyclic) bond motifs is 1. The van der Waals surface area contributed by atoms with Gasteiger partial charge < -0.3 is 9.84 Å². The van der Waals surface area contributed by atoms with Crippen molar-refractivity contribution in [2.45, 2.75) is 19.4 Å². The summed E-state index contributed by atoms with van der Waals surface area (Å²) < 4.78 is 5.99. The predicted molar refractivity (Wildman–Crippen MR) is 95.5 cm³/mol. The van der Waals surface area contributed by atoms with Crippen LogP contribution in [0.25, 0.3) is 11.4 Å². The highest BCUT2D eigenvalue weighted by molar-refractivity contribution is 5.64. The smallest absolute Gasteiger partial charge is 0.228 e. The van der Waals surface area contributed by atoms with Crippen LogP contribution < -0.4 is 15.6 Å². The first-order valence-corrected chi connectivity index (χ1v) is 8.09. The average Bonchev–Trinajstić information content (AvgIpc) is 2.93. The van der Waals surface area contributed by atoms with Crippen LogP contribution in [0.2, 0.25) is 0 Å². The van der Waals surface area contributed by atoms with Crippen LogP contribution in [0.3, 0.4) is 0 Å². The number of nitrogens with zero attached hydrogens (tertiary/aromatic N) is 3. The summed E-state index contributed by atoms with van der Waals surface area (Å²) in [6, 6.07) is 16.4. The summed E-state index contributed by atoms with van der Waals surface area (Å²) in [5.74, 6) is 8.71. The van der Waals surface area contributed by atoms with Crippen molar-refractivity contribution in [3.63, 3.8) is 0 Å². The lowest BCUT2D eigenvalue weighted by atomic mass is 10.1. The number of hydrazine groups is 1. The number of hydrogen-bond acceptors (Lipinski definition) is 6. The Hall–Kier alpha value is -3.12. The first-order chi connectivity index (χ1) is 12.1. The summed E-state index contributed by atoms with van der Waals surface area (Å²) in [4.78, 5) is 9.26. The van der Waals surface area contributed by atoms with Gasteiger partial charge in [-0.1, -0.05) is 30.3 Å². The number of aromatic hydroxyl groups is 1. The molecule has 0 fully saturated rings. The number of hydrogen-bond donors (Lipinski definition) is 2. The molecule has 4 rings (SSSR count). The van der Waals surface area contributed by atoms with Crippen LogP contribution in [0, 0.1) is 0 Å². The van der Waals surface area contributed by atoms with Crippen LogP contribution >= 0.6 is 0 Å². The summed E-state index contributed by atoms with van der Waals surface area (Å²) in [6.45, 7) is 2.04. The van der Waals surface area contributed by atoms with Crippen molar-refractivity contribution in [2.24, 2.45) is 5.84 Å².